The van der Waals surface area contributed by atoms with E-state index in [0.29, 0.717) is 11.5 Å². The number of nitrogens with zero attached hydrogens (tertiary/aromatic N) is 2. The summed E-state index contributed by atoms with van der Waals surface area (Å²) in [5.41, 5.74) is 2.31. The Bertz CT molecular complexity index is 992. The van der Waals surface area contributed by atoms with Crippen LogP contribution in [0.4, 0.5) is 11.4 Å². The van der Waals surface area contributed by atoms with E-state index in [1.54, 1.807) is 12.1 Å². The first-order chi connectivity index (χ1) is 13.0. The van der Waals surface area contributed by atoms with E-state index in [9.17, 15) is 14.9 Å². The predicted octanol–water partition coefficient (Wildman–Crippen LogP) is 3.54. The highest BCUT2D eigenvalue weighted by molar-refractivity contribution is 5.96. The number of aromatic nitrogens is 2. The van der Waals surface area contributed by atoms with Crippen LogP contribution in [0.15, 0.2) is 42.5 Å². The molecule has 8 heteroatoms. The maximum Gasteiger partial charge on any atom is 0.293 e. The van der Waals surface area contributed by atoms with Gasteiger partial charge in [0.05, 0.1) is 22.0 Å². The highest BCUT2D eigenvalue weighted by Gasteiger charge is 2.26. The van der Waals surface area contributed by atoms with Crippen molar-refractivity contribution in [2.24, 2.45) is 0 Å². The third-order valence-electron chi connectivity index (χ3n) is 4.56. The van der Waals surface area contributed by atoms with Crippen molar-refractivity contribution in [2.75, 3.05) is 5.32 Å². The fourth-order valence-electron chi connectivity index (χ4n) is 2.92. The fourth-order valence-corrected chi connectivity index (χ4v) is 2.92. The summed E-state index contributed by atoms with van der Waals surface area (Å²) < 4.78 is 0. The molecule has 1 atom stereocenters. The molecule has 1 saturated carbocycles. The fraction of sp³-hybridized carbons (Fsp3) is 0.263. The predicted molar refractivity (Wildman–Crippen MR) is 102 cm³/mol. The zero-order valence-electron chi connectivity index (χ0n) is 14.7. The van der Waals surface area contributed by atoms with Crippen molar-refractivity contribution in [3.8, 4) is 0 Å². The summed E-state index contributed by atoms with van der Waals surface area (Å²) in [6.07, 6.45) is 2.02. The molecule has 3 N–H and O–H groups in total. The number of para-hydroxylation sites is 2. The van der Waals surface area contributed by atoms with Gasteiger partial charge in [-0.15, -0.1) is 0 Å². The van der Waals surface area contributed by atoms with E-state index >= 15 is 0 Å². The van der Waals surface area contributed by atoms with E-state index in [4.69, 9.17) is 0 Å². The van der Waals surface area contributed by atoms with Crippen molar-refractivity contribution in [1.29, 1.82) is 0 Å². The zero-order chi connectivity index (χ0) is 19.0. The summed E-state index contributed by atoms with van der Waals surface area (Å²) in [6, 6.07) is 12.0. The average Bonchev–Trinajstić information content (AvgIpc) is 3.36. The smallest absolute Gasteiger partial charge is 0.293 e. The van der Waals surface area contributed by atoms with Crippen molar-refractivity contribution >= 4 is 28.3 Å². The number of aromatic amines is 1. The van der Waals surface area contributed by atoms with Crippen LogP contribution in [-0.4, -0.2) is 26.8 Å². The summed E-state index contributed by atoms with van der Waals surface area (Å²) in [7, 11) is 0. The molecule has 0 aliphatic heterocycles. The topological polar surface area (TPSA) is 113 Å². The van der Waals surface area contributed by atoms with Gasteiger partial charge in [-0.25, -0.2) is 4.98 Å². The molecular formula is C19H19N5O3. The number of nitro benzene ring substituents is 1. The number of H-pyrrole nitrogens is 1. The largest absolute Gasteiger partial charge is 0.377 e. The Kier molecular flexibility index (Phi) is 4.23. The number of amides is 1. The van der Waals surface area contributed by atoms with E-state index < -0.39 is 4.92 Å². The van der Waals surface area contributed by atoms with Crippen LogP contribution >= 0.6 is 0 Å². The third kappa shape index (κ3) is 3.59. The first-order valence-corrected chi connectivity index (χ1v) is 8.82. The highest BCUT2D eigenvalue weighted by Crippen LogP contribution is 2.31. The van der Waals surface area contributed by atoms with Gasteiger partial charge in [-0.3, -0.25) is 14.9 Å². The number of imidazole rings is 1. The van der Waals surface area contributed by atoms with Crippen molar-refractivity contribution in [1.82, 2.24) is 15.3 Å². The van der Waals surface area contributed by atoms with Crippen LogP contribution in [0.25, 0.3) is 11.0 Å². The molecule has 0 bridgehead atoms. The second-order valence-electron chi connectivity index (χ2n) is 6.74. The molecule has 1 amide bonds. The molecular weight excluding hydrogens is 346 g/mol. The molecule has 1 heterocycles. The van der Waals surface area contributed by atoms with E-state index in [0.717, 1.165) is 23.9 Å². The van der Waals surface area contributed by atoms with Crippen molar-refractivity contribution in [3.05, 3.63) is 64.0 Å². The molecule has 2 aromatic carbocycles. The Morgan fingerprint density at radius 3 is 2.78 bits per heavy atom. The number of nitrogens with one attached hydrogen (secondary N) is 3. The van der Waals surface area contributed by atoms with Gasteiger partial charge in [0.1, 0.15) is 11.5 Å². The first-order valence-electron chi connectivity index (χ1n) is 8.82. The second kappa shape index (κ2) is 6.71. The highest BCUT2D eigenvalue weighted by atomic mass is 16.6. The van der Waals surface area contributed by atoms with E-state index in [1.807, 2.05) is 31.2 Å². The van der Waals surface area contributed by atoms with Crippen LogP contribution < -0.4 is 10.6 Å². The van der Waals surface area contributed by atoms with E-state index in [1.165, 1.54) is 6.07 Å². The van der Waals surface area contributed by atoms with Crippen LogP contribution in [-0.2, 0) is 0 Å². The van der Waals surface area contributed by atoms with Crippen LogP contribution in [0, 0.1) is 10.1 Å². The SMILES string of the molecule is C[C@H](NC(=O)c1ccc(NC2CC2)c([N+](=O)[O-])c1)c1nc2ccccc2[nH]1. The number of carbonyl (C=O) groups is 1. The van der Waals surface area contributed by atoms with Crippen molar-refractivity contribution in [3.63, 3.8) is 0 Å². The van der Waals surface area contributed by atoms with Crippen LogP contribution in [0.2, 0.25) is 0 Å². The molecule has 0 spiro atoms. The Hall–Kier alpha value is -3.42. The Labute approximate surface area is 155 Å². The summed E-state index contributed by atoms with van der Waals surface area (Å²) in [5, 5.41) is 17.3. The summed E-state index contributed by atoms with van der Waals surface area (Å²) >= 11 is 0. The quantitative estimate of drug-likeness (QED) is 0.457. The second-order valence-corrected chi connectivity index (χ2v) is 6.74. The number of fused-ring (bicyclic) bond motifs is 1. The Morgan fingerprint density at radius 2 is 2.07 bits per heavy atom. The maximum atomic E-state index is 12.6. The Balaban J connectivity index is 1.53. The molecule has 138 valence electrons. The van der Waals surface area contributed by atoms with Crippen LogP contribution in [0.5, 0.6) is 0 Å². The molecule has 27 heavy (non-hydrogen) atoms. The molecule has 3 aromatic rings. The number of hydrogen-bond donors (Lipinski definition) is 3. The van der Waals surface area contributed by atoms with Crippen molar-refractivity contribution < 1.29 is 9.72 Å². The van der Waals surface area contributed by atoms with Crippen LogP contribution in [0.1, 0.15) is 42.0 Å². The maximum absolute atomic E-state index is 12.6. The van der Waals surface area contributed by atoms with Crippen molar-refractivity contribution in [2.45, 2.75) is 31.8 Å². The first kappa shape index (κ1) is 17.0. The molecule has 0 saturated heterocycles. The Morgan fingerprint density at radius 1 is 1.30 bits per heavy atom. The minimum absolute atomic E-state index is 0.0917. The lowest BCUT2D eigenvalue weighted by Crippen LogP contribution is -2.27. The normalized spacial score (nSPS) is 14.7. The molecule has 1 aromatic heterocycles. The van der Waals surface area contributed by atoms with Crippen LogP contribution in [0.3, 0.4) is 0 Å². The number of nitro groups is 1. The molecule has 1 aliphatic carbocycles. The molecule has 0 unspecified atom stereocenters. The number of anilines is 1. The van der Waals surface area contributed by atoms with Gasteiger partial charge in [-0.2, -0.15) is 0 Å². The minimum atomic E-state index is -0.468. The summed E-state index contributed by atoms with van der Waals surface area (Å²) in [5.74, 6) is 0.245. The van der Waals surface area contributed by atoms with Gasteiger partial charge >= 0.3 is 0 Å². The summed E-state index contributed by atoms with van der Waals surface area (Å²) in [6.45, 7) is 1.81. The lowest BCUT2D eigenvalue weighted by molar-refractivity contribution is -0.384. The van der Waals surface area contributed by atoms with Gasteiger partial charge in [-0.05, 0) is 44.0 Å². The molecule has 1 aliphatic rings. The van der Waals surface area contributed by atoms with Gasteiger partial charge in [-0.1, -0.05) is 12.1 Å². The van der Waals surface area contributed by atoms with Gasteiger partial charge in [0.15, 0.2) is 0 Å². The average molecular weight is 365 g/mol. The lowest BCUT2D eigenvalue weighted by Gasteiger charge is -2.12. The van der Waals surface area contributed by atoms with E-state index in [2.05, 4.69) is 20.6 Å². The summed E-state index contributed by atoms with van der Waals surface area (Å²) in [4.78, 5) is 31.1. The number of rotatable bonds is 6. The number of benzene rings is 2. The monoisotopic (exact) mass is 365 g/mol. The molecule has 1 fully saturated rings. The number of carbonyl (C=O) groups excluding carboxylic acids is 1. The van der Waals surface area contributed by atoms with Gasteiger partial charge in [0, 0.05) is 17.7 Å². The lowest BCUT2D eigenvalue weighted by atomic mass is 10.1. The van der Waals surface area contributed by atoms with Gasteiger partial charge in [0.25, 0.3) is 11.6 Å². The molecule has 0 radical (unpaired) electrons. The van der Waals surface area contributed by atoms with E-state index in [-0.39, 0.29) is 29.2 Å². The third-order valence-corrected chi connectivity index (χ3v) is 4.56. The standard InChI is InChI=1S/C19H19N5O3/c1-11(18-22-14-4-2-3-5-15(14)23-18)20-19(25)12-6-9-16(21-13-7-8-13)17(10-12)24(26)27/h2-6,9-11,13,21H,7-8H2,1H3,(H,20,25)(H,22,23)/t11-/m0/s1. The van der Waals surface area contributed by atoms with Gasteiger partial charge in [0.2, 0.25) is 0 Å². The van der Waals surface area contributed by atoms with Gasteiger partial charge < -0.3 is 15.6 Å². The zero-order valence-corrected chi connectivity index (χ0v) is 14.7. The number of hydrogen-bond acceptors (Lipinski definition) is 5. The minimum Gasteiger partial charge on any atom is -0.377 e. The molecule has 8 nitrogen and oxygen atoms in total. The molecule has 4 rings (SSSR count).